The van der Waals surface area contributed by atoms with Crippen LogP contribution in [0.5, 0.6) is 5.75 Å². The molecule has 1 fully saturated rings. The highest BCUT2D eigenvalue weighted by molar-refractivity contribution is 5.80. The Morgan fingerprint density at radius 3 is 2.83 bits per heavy atom. The van der Waals surface area contributed by atoms with Crippen molar-refractivity contribution < 1.29 is 9.90 Å². The summed E-state index contributed by atoms with van der Waals surface area (Å²) in [5, 5.41) is 13.0. The van der Waals surface area contributed by atoms with E-state index in [2.05, 4.69) is 19.2 Å². The van der Waals surface area contributed by atoms with Crippen LogP contribution in [-0.2, 0) is 11.2 Å². The minimum Gasteiger partial charge on any atom is -0.508 e. The highest BCUT2D eigenvalue weighted by atomic mass is 16.3. The molecule has 4 heteroatoms. The third kappa shape index (κ3) is 2.64. The minimum absolute atomic E-state index is 0.0722. The Labute approximate surface area is 108 Å². The number of phenols is 1. The molecule has 1 aliphatic rings. The van der Waals surface area contributed by atoms with Crippen molar-refractivity contribution in [3.63, 3.8) is 0 Å². The normalized spacial score (nSPS) is 18.7. The fourth-order valence-corrected chi connectivity index (χ4v) is 2.36. The Morgan fingerprint density at radius 2 is 2.17 bits per heavy atom. The first kappa shape index (κ1) is 12.9. The van der Waals surface area contributed by atoms with Crippen molar-refractivity contribution in [3.05, 3.63) is 29.8 Å². The molecule has 4 nitrogen and oxygen atoms in total. The Balaban J connectivity index is 2.10. The van der Waals surface area contributed by atoms with Crippen molar-refractivity contribution in [1.29, 1.82) is 0 Å². The number of carbonyl (C=O) groups is 1. The molecule has 1 amide bonds. The maximum Gasteiger partial charge on any atom is 0.227 e. The van der Waals surface area contributed by atoms with Crippen molar-refractivity contribution in [2.45, 2.75) is 25.8 Å². The highest BCUT2D eigenvalue weighted by Gasteiger charge is 2.33. The summed E-state index contributed by atoms with van der Waals surface area (Å²) in [6.07, 6.45) is 0.260. The second kappa shape index (κ2) is 4.98. The summed E-state index contributed by atoms with van der Waals surface area (Å²) >= 11 is 0. The molecule has 0 unspecified atom stereocenters. The van der Waals surface area contributed by atoms with Gasteiger partial charge in [-0.3, -0.25) is 4.79 Å². The molecule has 0 radical (unpaired) electrons. The molecule has 0 saturated carbocycles. The average Bonchev–Trinajstić information content (AvgIpc) is 2.31. The second-order valence-electron chi connectivity index (χ2n) is 5.34. The number of hydrogen-bond acceptors (Lipinski definition) is 3. The van der Waals surface area contributed by atoms with E-state index in [4.69, 9.17) is 0 Å². The lowest BCUT2D eigenvalue weighted by atomic mass is 9.98. The summed E-state index contributed by atoms with van der Waals surface area (Å²) in [5.74, 6) is 0.266. The molecule has 0 spiro atoms. The summed E-state index contributed by atoms with van der Waals surface area (Å²) in [6.45, 7) is 6.47. The molecular weight excluding hydrogens is 228 g/mol. The van der Waals surface area contributed by atoms with Crippen molar-refractivity contribution in [2.75, 3.05) is 19.6 Å². The number of para-hydroxylation sites is 1. The van der Waals surface area contributed by atoms with Gasteiger partial charge in [0.1, 0.15) is 5.75 Å². The van der Waals surface area contributed by atoms with Crippen LogP contribution in [0.3, 0.4) is 0 Å². The molecule has 1 saturated heterocycles. The standard InChI is InChI=1S/C14H20N2O2/c1-14(2)10-15-7-8-16(14)13(18)9-11-5-3-4-6-12(11)17/h3-6,15,17H,7-10H2,1-2H3. The van der Waals surface area contributed by atoms with Gasteiger partial charge in [0.25, 0.3) is 0 Å². The van der Waals surface area contributed by atoms with Gasteiger partial charge in [-0.05, 0) is 19.9 Å². The quantitative estimate of drug-likeness (QED) is 0.825. The van der Waals surface area contributed by atoms with Crippen LogP contribution in [0.25, 0.3) is 0 Å². The lowest BCUT2D eigenvalue weighted by Gasteiger charge is -2.43. The maximum absolute atomic E-state index is 12.3. The van der Waals surface area contributed by atoms with Crippen LogP contribution in [0.4, 0.5) is 0 Å². The van der Waals surface area contributed by atoms with Gasteiger partial charge in [0.05, 0.1) is 6.42 Å². The molecular formula is C14H20N2O2. The number of rotatable bonds is 2. The van der Waals surface area contributed by atoms with Gasteiger partial charge in [0.2, 0.25) is 5.91 Å². The SMILES string of the molecule is CC1(C)CNCCN1C(=O)Cc1ccccc1O. The predicted octanol–water partition coefficient (Wildman–Crippen LogP) is 1.15. The number of amides is 1. The average molecular weight is 248 g/mol. The van der Waals surface area contributed by atoms with E-state index in [9.17, 15) is 9.90 Å². The van der Waals surface area contributed by atoms with Crippen LogP contribution in [0, 0.1) is 0 Å². The first-order valence-corrected chi connectivity index (χ1v) is 6.29. The number of carbonyl (C=O) groups excluding carboxylic acids is 1. The van der Waals surface area contributed by atoms with Gasteiger partial charge in [-0.25, -0.2) is 0 Å². The molecule has 0 atom stereocenters. The van der Waals surface area contributed by atoms with Gasteiger partial charge >= 0.3 is 0 Å². The Bertz CT molecular complexity index is 443. The van der Waals surface area contributed by atoms with E-state index in [0.29, 0.717) is 5.56 Å². The summed E-state index contributed by atoms with van der Waals surface area (Å²) in [6, 6.07) is 7.01. The molecule has 0 bridgehead atoms. The van der Waals surface area contributed by atoms with Crippen LogP contribution >= 0.6 is 0 Å². The van der Waals surface area contributed by atoms with E-state index in [1.807, 2.05) is 11.0 Å². The molecule has 18 heavy (non-hydrogen) atoms. The highest BCUT2D eigenvalue weighted by Crippen LogP contribution is 2.21. The number of nitrogens with one attached hydrogen (secondary N) is 1. The lowest BCUT2D eigenvalue weighted by Crippen LogP contribution is -2.60. The monoisotopic (exact) mass is 248 g/mol. The number of benzene rings is 1. The minimum atomic E-state index is -0.167. The van der Waals surface area contributed by atoms with Crippen molar-refractivity contribution in [2.24, 2.45) is 0 Å². The van der Waals surface area contributed by atoms with E-state index in [0.717, 1.165) is 19.6 Å². The Morgan fingerprint density at radius 1 is 1.44 bits per heavy atom. The van der Waals surface area contributed by atoms with E-state index in [1.165, 1.54) is 0 Å². The third-order valence-corrected chi connectivity index (χ3v) is 3.43. The number of phenolic OH excluding ortho intramolecular Hbond substituents is 1. The van der Waals surface area contributed by atoms with Gasteiger partial charge in [0, 0.05) is 30.7 Å². The zero-order valence-corrected chi connectivity index (χ0v) is 10.9. The van der Waals surface area contributed by atoms with Crippen LogP contribution in [0.15, 0.2) is 24.3 Å². The number of nitrogens with zero attached hydrogens (tertiary/aromatic N) is 1. The van der Waals surface area contributed by atoms with E-state index in [-0.39, 0.29) is 23.6 Å². The Hall–Kier alpha value is -1.55. The van der Waals surface area contributed by atoms with E-state index < -0.39 is 0 Å². The molecule has 0 aliphatic carbocycles. The van der Waals surface area contributed by atoms with E-state index >= 15 is 0 Å². The van der Waals surface area contributed by atoms with Gasteiger partial charge in [-0.1, -0.05) is 18.2 Å². The zero-order chi connectivity index (χ0) is 13.2. The van der Waals surface area contributed by atoms with Crippen molar-refractivity contribution >= 4 is 5.91 Å². The van der Waals surface area contributed by atoms with Gasteiger partial charge < -0.3 is 15.3 Å². The summed E-state index contributed by atoms with van der Waals surface area (Å²) in [4.78, 5) is 14.2. The predicted molar refractivity (Wildman–Crippen MR) is 70.5 cm³/mol. The first-order chi connectivity index (χ1) is 8.50. The number of piperazine rings is 1. The largest absolute Gasteiger partial charge is 0.508 e. The van der Waals surface area contributed by atoms with Crippen molar-refractivity contribution in [3.8, 4) is 5.75 Å². The fraction of sp³-hybridized carbons (Fsp3) is 0.500. The topological polar surface area (TPSA) is 52.6 Å². The van der Waals surface area contributed by atoms with Crippen LogP contribution in [0.2, 0.25) is 0 Å². The van der Waals surface area contributed by atoms with Crippen LogP contribution < -0.4 is 5.32 Å². The second-order valence-corrected chi connectivity index (χ2v) is 5.34. The zero-order valence-electron chi connectivity index (χ0n) is 10.9. The van der Waals surface area contributed by atoms with Crippen molar-refractivity contribution in [1.82, 2.24) is 10.2 Å². The molecule has 1 aliphatic heterocycles. The smallest absolute Gasteiger partial charge is 0.227 e. The lowest BCUT2D eigenvalue weighted by molar-refractivity contribution is -0.136. The Kier molecular flexibility index (Phi) is 3.57. The molecule has 1 aromatic carbocycles. The summed E-state index contributed by atoms with van der Waals surface area (Å²) < 4.78 is 0. The van der Waals surface area contributed by atoms with Crippen LogP contribution in [0.1, 0.15) is 19.4 Å². The molecule has 0 aromatic heterocycles. The summed E-state index contributed by atoms with van der Waals surface area (Å²) in [5.41, 5.74) is 0.525. The van der Waals surface area contributed by atoms with Crippen LogP contribution in [-0.4, -0.2) is 41.1 Å². The van der Waals surface area contributed by atoms with Gasteiger partial charge in [0.15, 0.2) is 0 Å². The van der Waals surface area contributed by atoms with Gasteiger partial charge in [-0.2, -0.15) is 0 Å². The maximum atomic E-state index is 12.3. The molecule has 1 aromatic rings. The molecule has 2 N–H and O–H groups in total. The molecule has 98 valence electrons. The first-order valence-electron chi connectivity index (χ1n) is 6.29. The fourth-order valence-electron chi connectivity index (χ4n) is 2.36. The van der Waals surface area contributed by atoms with E-state index in [1.54, 1.807) is 18.2 Å². The number of hydrogen-bond donors (Lipinski definition) is 2. The third-order valence-electron chi connectivity index (χ3n) is 3.43. The summed E-state index contributed by atoms with van der Waals surface area (Å²) in [7, 11) is 0. The molecule has 2 rings (SSSR count). The van der Waals surface area contributed by atoms with Gasteiger partial charge in [-0.15, -0.1) is 0 Å². The molecule has 1 heterocycles. The number of aromatic hydroxyl groups is 1.